The van der Waals surface area contributed by atoms with E-state index >= 15 is 0 Å². The number of sulfone groups is 1. The molecule has 0 saturated heterocycles. The molecular weight excluding hydrogens is 506 g/mol. The van der Waals surface area contributed by atoms with Gasteiger partial charge in [-0.05, 0) is 42.0 Å². The molecule has 168 valence electrons. The van der Waals surface area contributed by atoms with Crippen LogP contribution in [0.15, 0.2) is 71.6 Å². The van der Waals surface area contributed by atoms with Crippen LogP contribution in [0.2, 0.25) is 10.0 Å². The van der Waals surface area contributed by atoms with E-state index < -0.39 is 21.6 Å². The molecule has 0 aliphatic carbocycles. The highest BCUT2D eigenvalue weighted by Gasteiger charge is 2.24. The van der Waals surface area contributed by atoms with Crippen LogP contribution in [0.5, 0.6) is 0 Å². The summed E-state index contributed by atoms with van der Waals surface area (Å²) in [5.74, 6) is -0.943. The van der Waals surface area contributed by atoms with Gasteiger partial charge in [-0.2, -0.15) is 0 Å². The van der Waals surface area contributed by atoms with Gasteiger partial charge in [0.05, 0.1) is 15.5 Å². The van der Waals surface area contributed by atoms with E-state index in [-0.39, 0.29) is 9.90 Å². The summed E-state index contributed by atoms with van der Waals surface area (Å²) in [5, 5.41) is 3.49. The third-order valence-corrected chi connectivity index (χ3v) is 7.28. The zero-order chi connectivity index (χ0) is 23.8. The monoisotopic (exact) mass is 520 g/mol. The van der Waals surface area contributed by atoms with Gasteiger partial charge in [-0.15, -0.1) is 11.3 Å². The van der Waals surface area contributed by atoms with Crippen molar-refractivity contribution < 1.29 is 17.6 Å². The maximum atomic E-state index is 13.5. The first-order valence-electron chi connectivity index (χ1n) is 9.45. The number of rotatable bonds is 5. The van der Waals surface area contributed by atoms with E-state index in [2.05, 4.69) is 10.3 Å². The molecule has 0 fully saturated rings. The Labute approximate surface area is 203 Å². The van der Waals surface area contributed by atoms with E-state index in [1.807, 2.05) is 0 Å². The Morgan fingerprint density at radius 2 is 1.64 bits per heavy atom. The molecule has 0 aliphatic rings. The van der Waals surface area contributed by atoms with E-state index in [0.717, 1.165) is 17.6 Å². The van der Waals surface area contributed by atoms with Gasteiger partial charge in [0.2, 0.25) is 0 Å². The second kappa shape index (κ2) is 9.23. The van der Waals surface area contributed by atoms with Crippen molar-refractivity contribution in [2.24, 2.45) is 0 Å². The fourth-order valence-corrected chi connectivity index (χ4v) is 5.59. The van der Waals surface area contributed by atoms with Crippen molar-refractivity contribution in [3.05, 3.63) is 87.6 Å². The van der Waals surface area contributed by atoms with E-state index in [9.17, 15) is 17.6 Å². The summed E-state index contributed by atoms with van der Waals surface area (Å²) in [5.41, 5.74) is 1.63. The lowest BCUT2D eigenvalue weighted by atomic mass is 10.1. The van der Waals surface area contributed by atoms with Gasteiger partial charge in [0.1, 0.15) is 5.82 Å². The van der Waals surface area contributed by atoms with Crippen LogP contribution in [0, 0.1) is 5.82 Å². The molecule has 1 amide bonds. The predicted molar refractivity (Wildman–Crippen MR) is 130 cm³/mol. The number of aromatic nitrogens is 1. The SMILES string of the molecule is CS(=O)(=O)c1ccccc1-c1nc(C(=O)Nc2cc(Cl)cc(Cl)c2)sc1-c1ccc(F)cc1. The molecule has 0 unspecified atom stereocenters. The van der Waals surface area contributed by atoms with Crippen LogP contribution < -0.4 is 5.32 Å². The Hall–Kier alpha value is -2.78. The van der Waals surface area contributed by atoms with Crippen molar-refractivity contribution in [3.63, 3.8) is 0 Å². The number of carbonyl (C=O) groups is 1. The summed E-state index contributed by atoms with van der Waals surface area (Å²) in [6, 6.07) is 16.7. The van der Waals surface area contributed by atoms with E-state index in [0.29, 0.717) is 37.4 Å². The van der Waals surface area contributed by atoms with Crippen molar-refractivity contribution >= 4 is 56.0 Å². The molecular formula is C23H15Cl2FN2O3S2. The summed E-state index contributed by atoms with van der Waals surface area (Å²) < 4.78 is 38.3. The fourth-order valence-electron chi connectivity index (χ4n) is 3.19. The number of anilines is 1. The van der Waals surface area contributed by atoms with Crippen LogP contribution in [-0.2, 0) is 9.84 Å². The van der Waals surface area contributed by atoms with Crippen LogP contribution in [0.4, 0.5) is 10.1 Å². The Kier molecular flexibility index (Phi) is 6.54. The van der Waals surface area contributed by atoms with E-state index in [4.69, 9.17) is 23.2 Å². The van der Waals surface area contributed by atoms with Gasteiger partial charge >= 0.3 is 0 Å². The molecule has 33 heavy (non-hydrogen) atoms. The largest absolute Gasteiger partial charge is 0.320 e. The summed E-state index contributed by atoms with van der Waals surface area (Å²) in [6.45, 7) is 0. The van der Waals surface area contributed by atoms with Gasteiger partial charge in [-0.25, -0.2) is 17.8 Å². The van der Waals surface area contributed by atoms with Gasteiger partial charge in [0, 0.05) is 27.6 Å². The second-order valence-electron chi connectivity index (χ2n) is 7.08. The minimum absolute atomic E-state index is 0.0762. The first kappa shape index (κ1) is 23.4. The topological polar surface area (TPSA) is 76.1 Å². The summed E-state index contributed by atoms with van der Waals surface area (Å²) in [6.07, 6.45) is 1.10. The van der Waals surface area contributed by atoms with Gasteiger partial charge in [0.25, 0.3) is 5.91 Å². The molecule has 4 aromatic rings. The number of halogens is 3. The summed E-state index contributed by atoms with van der Waals surface area (Å²) in [7, 11) is -3.58. The zero-order valence-corrected chi connectivity index (χ0v) is 20.1. The average Bonchev–Trinajstić information content (AvgIpc) is 3.18. The third-order valence-electron chi connectivity index (χ3n) is 4.59. The first-order chi connectivity index (χ1) is 15.6. The summed E-state index contributed by atoms with van der Waals surface area (Å²) >= 11 is 13.1. The molecule has 0 atom stereocenters. The van der Waals surface area contributed by atoms with Crippen molar-refractivity contribution in [2.45, 2.75) is 4.90 Å². The molecule has 1 heterocycles. The number of hydrogen-bond acceptors (Lipinski definition) is 5. The zero-order valence-electron chi connectivity index (χ0n) is 17.0. The van der Waals surface area contributed by atoms with E-state index in [1.54, 1.807) is 42.5 Å². The predicted octanol–water partition coefficient (Wildman–Crippen LogP) is 6.58. The molecule has 1 aromatic heterocycles. The molecule has 0 bridgehead atoms. The van der Waals surface area contributed by atoms with Gasteiger partial charge < -0.3 is 5.32 Å². The maximum absolute atomic E-state index is 13.5. The highest BCUT2D eigenvalue weighted by Crippen LogP contribution is 2.39. The van der Waals surface area contributed by atoms with E-state index in [1.165, 1.54) is 24.3 Å². The van der Waals surface area contributed by atoms with Crippen molar-refractivity contribution in [1.82, 2.24) is 4.98 Å². The van der Waals surface area contributed by atoms with Crippen molar-refractivity contribution in [2.75, 3.05) is 11.6 Å². The van der Waals surface area contributed by atoms with Crippen molar-refractivity contribution in [1.29, 1.82) is 0 Å². The number of amides is 1. The number of hydrogen-bond donors (Lipinski definition) is 1. The average molecular weight is 521 g/mol. The first-order valence-corrected chi connectivity index (χ1v) is 12.9. The van der Waals surface area contributed by atoms with Crippen LogP contribution in [0.25, 0.3) is 21.7 Å². The van der Waals surface area contributed by atoms with Gasteiger partial charge in [-0.3, -0.25) is 4.79 Å². The van der Waals surface area contributed by atoms with Crippen LogP contribution in [0.3, 0.4) is 0 Å². The highest BCUT2D eigenvalue weighted by atomic mass is 35.5. The molecule has 0 spiro atoms. The lowest BCUT2D eigenvalue weighted by Gasteiger charge is -2.08. The molecule has 5 nitrogen and oxygen atoms in total. The molecule has 10 heteroatoms. The minimum Gasteiger partial charge on any atom is -0.320 e. The molecule has 3 aromatic carbocycles. The summed E-state index contributed by atoms with van der Waals surface area (Å²) in [4.78, 5) is 18.1. The normalized spacial score (nSPS) is 11.4. The maximum Gasteiger partial charge on any atom is 0.284 e. The van der Waals surface area contributed by atoms with Gasteiger partial charge in [-0.1, -0.05) is 53.5 Å². The fraction of sp³-hybridized carbons (Fsp3) is 0.0435. The standard InChI is InChI=1S/C23H15Cl2FN2O3S2/c1-33(30,31)19-5-3-2-4-18(19)20-21(13-6-8-16(26)9-7-13)32-23(28-20)22(29)27-17-11-14(24)10-15(25)12-17/h2-12H,1H3,(H,27,29). The second-order valence-corrected chi connectivity index (χ2v) is 10.9. The smallest absolute Gasteiger partial charge is 0.284 e. The third kappa shape index (κ3) is 5.25. The van der Waals surface area contributed by atoms with Gasteiger partial charge in [0.15, 0.2) is 14.8 Å². The Balaban J connectivity index is 1.85. The Morgan fingerprint density at radius 1 is 1.00 bits per heavy atom. The minimum atomic E-state index is -3.58. The van der Waals surface area contributed by atoms with Crippen LogP contribution in [0.1, 0.15) is 9.80 Å². The van der Waals surface area contributed by atoms with Crippen LogP contribution >= 0.6 is 34.5 Å². The molecule has 0 aliphatic heterocycles. The molecule has 0 saturated carbocycles. The number of nitrogens with zero attached hydrogens (tertiary/aromatic N) is 1. The Morgan fingerprint density at radius 3 is 2.27 bits per heavy atom. The number of thiazole rings is 1. The number of benzene rings is 3. The number of nitrogens with one attached hydrogen (secondary N) is 1. The van der Waals surface area contributed by atoms with Crippen LogP contribution in [-0.4, -0.2) is 25.6 Å². The van der Waals surface area contributed by atoms with Crippen molar-refractivity contribution in [3.8, 4) is 21.7 Å². The molecule has 4 rings (SSSR count). The number of carbonyl (C=O) groups excluding carboxylic acids is 1. The Bertz CT molecular complexity index is 1450. The lowest BCUT2D eigenvalue weighted by molar-refractivity contribution is 0.102. The highest BCUT2D eigenvalue weighted by molar-refractivity contribution is 7.90. The quantitative estimate of drug-likeness (QED) is 0.322. The molecule has 0 radical (unpaired) electrons. The molecule has 1 N–H and O–H groups in total. The lowest BCUT2D eigenvalue weighted by Crippen LogP contribution is -2.11.